The van der Waals surface area contributed by atoms with Crippen molar-refractivity contribution in [2.24, 2.45) is 0 Å². The number of ether oxygens (including phenoxy) is 1. The number of benzene rings is 1. The number of thiol groups is 1. The van der Waals surface area contributed by atoms with E-state index in [9.17, 15) is 17.2 Å². The number of hydrogen-bond donors (Lipinski definition) is 1. The second-order valence-electron chi connectivity index (χ2n) is 2.66. The van der Waals surface area contributed by atoms with Gasteiger partial charge in [0.15, 0.2) is 10.7 Å². The van der Waals surface area contributed by atoms with Crippen LogP contribution in [0, 0.1) is 0 Å². The molecule has 0 heterocycles. The molecular formula is C8H8F2O3S. The third-order valence-corrected chi connectivity index (χ3v) is 2.03. The predicted octanol–water partition coefficient (Wildman–Crippen LogP) is 1.65. The van der Waals surface area contributed by atoms with Gasteiger partial charge in [-0.3, -0.25) is 0 Å². The molecule has 0 N–H and O–H groups in total. The molecule has 1 aromatic rings. The van der Waals surface area contributed by atoms with Gasteiger partial charge in [0, 0.05) is 6.92 Å². The zero-order valence-corrected chi connectivity index (χ0v) is 8.13. The Kier molecular flexibility index (Phi) is 3.05. The Morgan fingerprint density at radius 2 is 2.00 bits per heavy atom. The summed E-state index contributed by atoms with van der Waals surface area (Å²) in [5.74, 6) is -0.172. The molecule has 0 radical (unpaired) electrons. The molecule has 78 valence electrons. The predicted molar refractivity (Wildman–Crippen MR) is 46.3 cm³/mol. The molecule has 1 aromatic carbocycles. The molecule has 14 heavy (non-hydrogen) atoms. The quantitative estimate of drug-likeness (QED) is 0.791. The second kappa shape index (κ2) is 3.91. The smallest absolute Gasteiger partial charge is 0.394 e. The molecule has 3 nitrogen and oxygen atoms in total. The maximum atomic E-state index is 12.4. The standard InChI is InChI=1S/C8H8F2O3S/c1-8(9,10)13-6-3-2-4-7(5-6)14(11)12/h2-5,14H,1H3. The summed E-state index contributed by atoms with van der Waals surface area (Å²) in [5, 5.41) is 0. The van der Waals surface area contributed by atoms with Crippen molar-refractivity contribution < 1.29 is 21.9 Å². The highest BCUT2D eigenvalue weighted by Gasteiger charge is 2.23. The lowest BCUT2D eigenvalue weighted by atomic mass is 10.3. The Labute approximate surface area is 81.3 Å². The molecule has 0 unspecified atom stereocenters. The summed E-state index contributed by atoms with van der Waals surface area (Å²) in [7, 11) is -2.78. The topological polar surface area (TPSA) is 43.4 Å². The molecule has 0 atom stereocenters. The van der Waals surface area contributed by atoms with Crippen LogP contribution in [0.15, 0.2) is 29.2 Å². The fourth-order valence-electron chi connectivity index (χ4n) is 0.868. The average molecular weight is 222 g/mol. The molecule has 0 amide bonds. The highest BCUT2D eigenvalue weighted by molar-refractivity contribution is 7.72. The summed E-state index contributed by atoms with van der Waals surface area (Å²) in [5.41, 5.74) is 0. The first-order valence-electron chi connectivity index (χ1n) is 3.70. The fourth-order valence-corrected chi connectivity index (χ4v) is 1.31. The Morgan fingerprint density at radius 3 is 2.50 bits per heavy atom. The number of halogens is 2. The molecule has 0 spiro atoms. The van der Waals surface area contributed by atoms with E-state index in [0.717, 1.165) is 6.07 Å². The summed E-state index contributed by atoms with van der Waals surface area (Å²) in [6.45, 7) is 0.580. The van der Waals surface area contributed by atoms with Crippen LogP contribution in [0.5, 0.6) is 5.75 Å². The van der Waals surface area contributed by atoms with E-state index in [1.165, 1.54) is 18.2 Å². The van der Waals surface area contributed by atoms with E-state index in [2.05, 4.69) is 4.74 Å². The van der Waals surface area contributed by atoms with Crippen LogP contribution in [0.25, 0.3) is 0 Å². The number of hydrogen-bond acceptors (Lipinski definition) is 3. The van der Waals surface area contributed by atoms with Crippen LogP contribution in [0.4, 0.5) is 8.78 Å². The normalized spacial score (nSPS) is 11.7. The van der Waals surface area contributed by atoms with Gasteiger partial charge in [0.1, 0.15) is 5.75 Å². The lowest BCUT2D eigenvalue weighted by Gasteiger charge is -2.12. The first kappa shape index (κ1) is 10.9. The van der Waals surface area contributed by atoms with Crippen LogP contribution in [-0.4, -0.2) is 14.5 Å². The van der Waals surface area contributed by atoms with Gasteiger partial charge in [-0.2, -0.15) is 8.78 Å². The Morgan fingerprint density at radius 1 is 1.36 bits per heavy atom. The van der Waals surface area contributed by atoms with E-state index >= 15 is 0 Å². The highest BCUT2D eigenvalue weighted by Crippen LogP contribution is 2.21. The highest BCUT2D eigenvalue weighted by atomic mass is 32.2. The van der Waals surface area contributed by atoms with Crippen molar-refractivity contribution in [1.82, 2.24) is 0 Å². The maximum Gasteiger partial charge on any atom is 0.394 e. The molecule has 0 bridgehead atoms. The first-order valence-corrected chi connectivity index (χ1v) is 4.87. The zero-order valence-electron chi connectivity index (χ0n) is 7.24. The van der Waals surface area contributed by atoms with Crippen LogP contribution in [0.1, 0.15) is 6.92 Å². The molecule has 0 aliphatic heterocycles. The van der Waals surface area contributed by atoms with Crippen LogP contribution in [0.2, 0.25) is 0 Å². The van der Waals surface area contributed by atoms with Crippen molar-refractivity contribution in [3.8, 4) is 5.75 Å². The van der Waals surface area contributed by atoms with E-state index in [-0.39, 0.29) is 10.6 Å². The lowest BCUT2D eigenvalue weighted by molar-refractivity contribution is -0.159. The SMILES string of the molecule is CC(F)(F)Oc1cccc([SH](=O)=O)c1. The summed E-state index contributed by atoms with van der Waals surface area (Å²) in [6.07, 6.45) is -3.31. The Balaban J connectivity index is 2.95. The van der Waals surface area contributed by atoms with Crippen molar-refractivity contribution in [1.29, 1.82) is 0 Å². The number of alkyl halides is 2. The summed E-state index contributed by atoms with van der Waals surface area (Å²) >= 11 is 0. The molecular weight excluding hydrogens is 214 g/mol. The minimum atomic E-state index is -3.31. The third-order valence-electron chi connectivity index (χ3n) is 1.33. The Bertz CT molecular complexity index is 388. The average Bonchev–Trinajstić information content (AvgIpc) is 2.01. The van der Waals surface area contributed by atoms with Gasteiger partial charge < -0.3 is 4.74 Å². The van der Waals surface area contributed by atoms with Gasteiger partial charge in [0.2, 0.25) is 0 Å². The number of rotatable bonds is 3. The van der Waals surface area contributed by atoms with Gasteiger partial charge >= 0.3 is 6.11 Å². The first-order chi connectivity index (χ1) is 6.38. The van der Waals surface area contributed by atoms with Gasteiger partial charge in [-0.25, -0.2) is 8.42 Å². The molecule has 0 aromatic heterocycles. The van der Waals surface area contributed by atoms with E-state index < -0.39 is 16.8 Å². The minimum Gasteiger partial charge on any atom is -0.433 e. The minimum absolute atomic E-state index is 0.0539. The van der Waals surface area contributed by atoms with Crippen molar-refractivity contribution in [3.63, 3.8) is 0 Å². The fraction of sp³-hybridized carbons (Fsp3) is 0.250. The van der Waals surface area contributed by atoms with Gasteiger partial charge in [0.05, 0.1) is 4.90 Å². The van der Waals surface area contributed by atoms with Gasteiger partial charge in [-0.15, -0.1) is 0 Å². The van der Waals surface area contributed by atoms with Crippen LogP contribution >= 0.6 is 0 Å². The largest absolute Gasteiger partial charge is 0.433 e. The zero-order chi connectivity index (χ0) is 10.8. The third kappa shape index (κ3) is 3.29. The van der Waals surface area contributed by atoms with Crippen molar-refractivity contribution in [2.45, 2.75) is 17.9 Å². The van der Waals surface area contributed by atoms with Crippen molar-refractivity contribution >= 4 is 10.7 Å². The van der Waals surface area contributed by atoms with Crippen LogP contribution in [-0.2, 0) is 10.7 Å². The second-order valence-corrected chi connectivity index (χ2v) is 3.69. The van der Waals surface area contributed by atoms with Crippen LogP contribution < -0.4 is 4.74 Å². The summed E-state index contributed by atoms with van der Waals surface area (Å²) < 4.78 is 50.0. The van der Waals surface area contributed by atoms with Crippen molar-refractivity contribution in [3.05, 3.63) is 24.3 Å². The molecule has 0 fully saturated rings. The van der Waals surface area contributed by atoms with E-state index in [1.807, 2.05) is 0 Å². The van der Waals surface area contributed by atoms with E-state index in [0.29, 0.717) is 6.92 Å². The summed E-state index contributed by atoms with van der Waals surface area (Å²) in [4.78, 5) is -0.0539. The van der Waals surface area contributed by atoms with E-state index in [1.54, 1.807) is 0 Å². The Hall–Kier alpha value is -1.17. The van der Waals surface area contributed by atoms with Crippen molar-refractivity contribution in [2.75, 3.05) is 0 Å². The molecule has 6 heteroatoms. The monoisotopic (exact) mass is 222 g/mol. The van der Waals surface area contributed by atoms with Gasteiger partial charge in [0.25, 0.3) is 0 Å². The van der Waals surface area contributed by atoms with E-state index in [4.69, 9.17) is 0 Å². The summed E-state index contributed by atoms with van der Waals surface area (Å²) in [6, 6.07) is 4.94. The lowest BCUT2D eigenvalue weighted by Crippen LogP contribution is -2.19. The van der Waals surface area contributed by atoms with Crippen LogP contribution in [0.3, 0.4) is 0 Å². The molecule has 0 aliphatic rings. The molecule has 0 aliphatic carbocycles. The molecule has 0 saturated carbocycles. The maximum absolute atomic E-state index is 12.4. The molecule has 1 rings (SSSR count). The van der Waals surface area contributed by atoms with Gasteiger partial charge in [-0.1, -0.05) is 6.07 Å². The molecule has 0 saturated heterocycles. The van der Waals surface area contributed by atoms with Gasteiger partial charge in [-0.05, 0) is 18.2 Å².